The summed E-state index contributed by atoms with van der Waals surface area (Å²) in [6.07, 6.45) is 0. The van der Waals surface area contributed by atoms with E-state index in [0.29, 0.717) is 5.01 Å². The van der Waals surface area contributed by atoms with Gasteiger partial charge in [-0.3, -0.25) is 0 Å². The van der Waals surface area contributed by atoms with Gasteiger partial charge in [-0.1, -0.05) is 0 Å². The molecule has 1 aromatic carbocycles. The molecule has 0 atom stereocenters. The van der Waals surface area contributed by atoms with E-state index in [2.05, 4.69) is 9.97 Å². The average Bonchev–Trinajstić information content (AvgIpc) is 2.83. The van der Waals surface area contributed by atoms with Crippen LogP contribution in [0.25, 0.3) is 20.2 Å². The normalized spacial score (nSPS) is 11.0. The Morgan fingerprint density at radius 3 is 2.69 bits per heavy atom. The summed E-state index contributed by atoms with van der Waals surface area (Å²) in [6.45, 7) is 0. The van der Waals surface area contributed by atoms with E-state index in [0.717, 1.165) is 15.2 Å². The van der Waals surface area contributed by atoms with E-state index < -0.39 is 0 Å². The molecule has 2 aromatic heterocycles. The van der Waals surface area contributed by atoms with Crippen LogP contribution < -0.4 is 0 Å². The topological polar surface area (TPSA) is 66.2 Å². The molecule has 6 heteroatoms. The molecule has 0 aliphatic heterocycles. The fourth-order valence-corrected chi connectivity index (χ4v) is 3.08. The molecule has 0 saturated carbocycles. The summed E-state index contributed by atoms with van der Waals surface area (Å²) in [5.41, 5.74) is 0.826. The van der Waals surface area contributed by atoms with Crippen molar-refractivity contribution < 1.29 is 10.2 Å². The van der Waals surface area contributed by atoms with E-state index in [1.807, 2.05) is 0 Å². The maximum absolute atomic E-state index is 9.34. The molecule has 0 amide bonds. The molecule has 80 valence electrons. The van der Waals surface area contributed by atoms with Crippen LogP contribution in [0.1, 0.15) is 0 Å². The van der Waals surface area contributed by atoms with Gasteiger partial charge >= 0.3 is 0 Å². The number of phenolic OH excluding ortho intramolecular Hbond substituents is 1. The standard InChI is InChI=1S/C10H6N2O2S2/c13-5-1-2-6-7(3-5)16-10(11-6)9-12-8(14)4-15-9/h1-4,13-14H. The first kappa shape index (κ1) is 9.56. The smallest absolute Gasteiger partial charge is 0.222 e. The van der Waals surface area contributed by atoms with Gasteiger partial charge in [0.15, 0.2) is 10.0 Å². The molecule has 0 spiro atoms. The number of thiazole rings is 2. The van der Waals surface area contributed by atoms with Gasteiger partial charge < -0.3 is 10.2 Å². The maximum atomic E-state index is 9.34. The lowest BCUT2D eigenvalue weighted by Crippen LogP contribution is -1.72. The summed E-state index contributed by atoms with van der Waals surface area (Å²) in [6, 6.07) is 5.03. The first-order valence-corrected chi connectivity index (χ1v) is 6.16. The molecule has 0 aliphatic rings. The van der Waals surface area contributed by atoms with Crippen LogP contribution in [0.3, 0.4) is 0 Å². The van der Waals surface area contributed by atoms with Crippen molar-refractivity contribution in [3.05, 3.63) is 23.6 Å². The van der Waals surface area contributed by atoms with Gasteiger partial charge in [-0.05, 0) is 18.2 Å². The lowest BCUT2D eigenvalue weighted by molar-refractivity contribution is 0.458. The second-order valence-corrected chi connectivity index (χ2v) is 5.07. The summed E-state index contributed by atoms with van der Waals surface area (Å²) in [5.74, 6) is 0.242. The van der Waals surface area contributed by atoms with Crippen LogP contribution >= 0.6 is 22.7 Å². The van der Waals surface area contributed by atoms with Crippen LogP contribution in [0.2, 0.25) is 0 Å². The lowest BCUT2D eigenvalue weighted by Gasteiger charge is -1.87. The molecule has 0 fully saturated rings. The van der Waals surface area contributed by atoms with Gasteiger partial charge in [0.1, 0.15) is 5.75 Å². The predicted octanol–water partition coefficient (Wildman–Crippen LogP) is 2.83. The number of nitrogens with zero attached hydrogens (tertiary/aromatic N) is 2. The number of fused-ring (bicyclic) bond motifs is 1. The van der Waals surface area contributed by atoms with Crippen molar-refractivity contribution in [3.63, 3.8) is 0 Å². The Morgan fingerprint density at radius 1 is 1.06 bits per heavy atom. The first-order chi connectivity index (χ1) is 7.72. The SMILES string of the molecule is Oc1ccc2nc(-c3nc(O)cs3)sc2c1. The zero-order valence-corrected chi connectivity index (χ0v) is 9.55. The number of hydrogen-bond donors (Lipinski definition) is 2. The molecular formula is C10H6N2O2S2. The van der Waals surface area contributed by atoms with Crippen molar-refractivity contribution in [2.75, 3.05) is 0 Å². The quantitative estimate of drug-likeness (QED) is 0.697. The third kappa shape index (κ3) is 1.52. The Labute approximate surface area is 98.5 Å². The minimum atomic E-state index is 0.0158. The van der Waals surface area contributed by atoms with Crippen LogP contribution in [0.5, 0.6) is 11.6 Å². The van der Waals surface area contributed by atoms with Gasteiger partial charge in [-0.2, -0.15) is 4.98 Å². The average molecular weight is 250 g/mol. The molecule has 3 aromatic rings. The number of rotatable bonds is 1. The van der Waals surface area contributed by atoms with E-state index in [1.54, 1.807) is 23.6 Å². The fraction of sp³-hybridized carbons (Fsp3) is 0. The lowest BCUT2D eigenvalue weighted by atomic mass is 10.3. The highest BCUT2D eigenvalue weighted by Gasteiger charge is 2.10. The maximum Gasteiger partial charge on any atom is 0.222 e. The highest BCUT2D eigenvalue weighted by molar-refractivity contribution is 7.25. The molecule has 3 rings (SSSR count). The summed E-state index contributed by atoms with van der Waals surface area (Å²) in [5, 5.41) is 21.5. The van der Waals surface area contributed by atoms with Crippen molar-refractivity contribution in [1.29, 1.82) is 0 Å². The zero-order chi connectivity index (χ0) is 11.1. The van der Waals surface area contributed by atoms with E-state index in [-0.39, 0.29) is 11.6 Å². The molecule has 0 radical (unpaired) electrons. The highest BCUT2D eigenvalue weighted by Crippen LogP contribution is 2.34. The second kappa shape index (κ2) is 3.43. The van der Waals surface area contributed by atoms with Gasteiger partial charge in [-0.25, -0.2) is 4.98 Å². The minimum absolute atomic E-state index is 0.0158. The summed E-state index contributed by atoms with van der Waals surface area (Å²) < 4.78 is 0.907. The Bertz CT molecular complexity index is 660. The van der Waals surface area contributed by atoms with E-state index in [1.165, 1.54) is 22.7 Å². The van der Waals surface area contributed by atoms with Crippen LogP contribution in [0, 0.1) is 0 Å². The monoisotopic (exact) mass is 250 g/mol. The summed E-state index contributed by atoms with van der Waals surface area (Å²) in [7, 11) is 0. The molecule has 16 heavy (non-hydrogen) atoms. The minimum Gasteiger partial charge on any atom is -0.508 e. The first-order valence-electron chi connectivity index (χ1n) is 4.47. The van der Waals surface area contributed by atoms with Crippen LogP contribution in [0.4, 0.5) is 0 Å². The van der Waals surface area contributed by atoms with E-state index >= 15 is 0 Å². The van der Waals surface area contributed by atoms with Crippen molar-refractivity contribution in [3.8, 4) is 21.6 Å². The van der Waals surface area contributed by atoms with Crippen LogP contribution in [-0.4, -0.2) is 20.2 Å². The Hall–Kier alpha value is -1.66. The molecule has 0 bridgehead atoms. The molecule has 2 N–H and O–H groups in total. The third-order valence-corrected chi connectivity index (χ3v) is 4.04. The zero-order valence-electron chi connectivity index (χ0n) is 7.91. The second-order valence-electron chi connectivity index (χ2n) is 3.18. The van der Waals surface area contributed by atoms with Gasteiger partial charge in [-0.15, -0.1) is 22.7 Å². The number of hydrogen-bond acceptors (Lipinski definition) is 6. The largest absolute Gasteiger partial charge is 0.508 e. The number of phenols is 1. The molecular weight excluding hydrogens is 244 g/mol. The van der Waals surface area contributed by atoms with Crippen molar-refractivity contribution in [2.45, 2.75) is 0 Å². The van der Waals surface area contributed by atoms with Gasteiger partial charge in [0.25, 0.3) is 0 Å². The predicted molar refractivity (Wildman–Crippen MR) is 64.1 cm³/mol. The number of benzene rings is 1. The Kier molecular flexibility index (Phi) is 2.05. The van der Waals surface area contributed by atoms with Crippen LogP contribution in [-0.2, 0) is 0 Å². The third-order valence-electron chi connectivity index (χ3n) is 2.05. The van der Waals surface area contributed by atoms with Crippen molar-refractivity contribution in [1.82, 2.24) is 9.97 Å². The van der Waals surface area contributed by atoms with Crippen LogP contribution in [0.15, 0.2) is 23.6 Å². The Morgan fingerprint density at radius 2 is 1.94 bits per heavy atom. The van der Waals surface area contributed by atoms with E-state index in [9.17, 15) is 5.11 Å². The van der Waals surface area contributed by atoms with Gasteiger partial charge in [0, 0.05) is 0 Å². The molecule has 4 nitrogen and oxygen atoms in total. The Balaban J connectivity index is 2.18. The summed E-state index contributed by atoms with van der Waals surface area (Å²) >= 11 is 2.79. The van der Waals surface area contributed by atoms with Crippen molar-refractivity contribution in [2.24, 2.45) is 0 Å². The number of aromatic nitrogens is 2. The molecule has 2 heterocycles. The fourth-order valence-electron chi connectivity index (χ4n) is 1.37. The highest BCUT2D eigenvalue weighted by atomic mass is 32.1. The molecule has 0 unspecified atom stereocenters. The molecule has 0 aliphatic carbocycles. The van der Waals surface area contributed by atoms with Gasteiger partial charge in [0.05, 0.1) is 15.6 Å². The molecule has 0 saturated heterocycles. The number of aromatic hydroxyl groups is 2. The van der Waals surface area contributed by atoms with Crippen molar-refractivity contribution >= 4 is 32.9 Å². The van der Waals surface area contributed by atoms with Gasteiger partial charge in [0.2, 0.25) is 5.88 Å². The van der Waals surface area contributed by atoms with E-state index in [4.69, 9.17) is 5.11 Å². The summed E-state index contributed by atoms with van der Waals surface area (Å²) in [4.78, 5) is 8.34.